The molecule has 1 aromatic carbocycles. The van der Waals surface area contributed by atoms with Gasteiger partial charge in [0.05, 0.1) is 10.0 Å². The molecule has 1 N–H and O–H groups in total. The minimum Gasteiger partial charge on any atom is -0.316 e. The first kappa shape index (κ1) is 13.6. The maximum absolute atomic E-state index is 5.98. The van der Waals surface area contributed by atoms with E-state index in [-0.39, 0.29) is 0 Å². The van der Waals surface area contributed by atoms with Crippen molar-refractivity contribution in [3.8, 4) is 0 Å². The summed E-state index contributed by atoms with van der Waals surface area (Å²) in [5.41, 5.74) is 2.44. The highest BCUT2D eigenvalue weighted by atomic mass is 35.5. The molecule has 0 atom stereocenters. The van der Waals surface area contributed by atoms with Crippen LogP contribution in [-0.2, 0) is 0 Å². The summed E-state index contributed by atoms with van der Waals surface area (Å²) in [5.74, 6) is 0.516. The van der Waals surface area contributed by atoms with Gasteiger partial charge in [-0.05, 0) is 30.7 Å². The Morgan fingerprint density at radius 3 is 2.50 bits per heavy atom. The van der Waals surface area contributed by atoms with E-state index in [4.69, 9.17) is 23.2 Å². The van der Waals surface area contributed by atoms with Crippen LogP contribution in [0.2, 0.25) is 10.0 Å². The lowest BCUT2D eigenvalue weighted by molar-refractivity contribution is 0.713. The van der Waals surface area contributed by atoms with Crippen LogP contribution in [0.4, 0.5) is 0 Å². The highest BCUT2D eigenvalue weighted by Crippen LogP contribution is 2.24. The summed E-state index contributed by atoms with van der Waals surface area (Å²) in [6.07, 6.45) is 2.16. The van der Waals surface area contributed by atoms with Crippen molar-refractivity contribution in [3.63, 3.8) is 0 Å². The van der Waals surface area contributed by atoms with Gasteiger partial charge in [0.1, 0.15) is 0 Å². The van der Waals surface area contributed by atoms with Gasteiger partial charge in [0.2, 0.25) is 0 Å². The molecule has 1 nitrogen and oxygen atoms in total. The van der Waals surface area contributed by atoms with Crippen LogP contribution in [0, 0.1) is 5.92 Å². The van der Waals surface area contributed by atoms with E-state index in [1.54, 1.807) is 0 Å². The van der Waals surface area contributed by atoms with Crippen molar-refractivity contribution in [2.75, 3.05) is 13.6 Å². The first-order valence-corrected chi connectivity index (χ1v) is 6.10. The Morgan fingerprint density at radius 2 is 2.00 bits per heavy atom. The Kier molecular flexibility index (Phi) is 5.33. The van der Waals surface area contributed by atoms with Crippen LogP contribution < -0.4 is 5.32 Å². The monoisotopic (exact) mass is 257 g/mol. The molecule has 3 heteroatoms. The zero-order valence-electron chi connectivity index (χ0n) is 9.85. The number of benzene rings is 1. The van der Waals surface area contributed by atoms with Crippen LogP contribution >= 0.6 is 23.2 Å². The fraction of sp³-hybridized carbons (Fsp3) is 0.385. The Labute approximate surface area is 107 Å². The van der Waals surface area contributed by atoms with E-state index in [1.165, 1.54) is 5.57 Å². The van der Waals surface area contributed by atoms with Gasteiger partial charge in [-0.1, -0.05) is 54.8 Å². The highest BCUT2D eigenvalue weighted by molar-refractivity contribution is 6.42. The molecular weight excluding hydrogens is 241 g/mol. The van der Waals surface area contributed by atoms with Gasteiger partial charge in [0.25, 0.3) is 0 Å². The van der Waals surface area contributed by atoms with Crippen molar-refractivity contribution in [1.82, 2.24) is 5.32 Å². The number of hydrogen-bond donors (Lipinski definition) is 1. The number of nitrogens with one attached hydrogen (secondary N) is 1. The maximum Gasteiger partial charge on any atom is 0.0598 e. The zero-order chi connectivity index (χ0) is 12.1. The van der Waals surface area contributed by atoms with Gasteiger partial charge in [-0.15, -0.1) is 0 Å². The molecule has 1 rings (SSSR count). The third kappa shape index (κ3) is 3.82. The zero-order valence-corrected chi connectivity index (χ0v) is 11.4. The van der Waals surface area contributed by atoms with Crippen molar-refractivity contribution in [2.24, 2.45) is 5.92 Å². The molecule has 0 bridgehead atoms. The smallest absolute Gasteiger partial charge is 0.0598 e. The van der Waals surface area contributed by atoms with Crippen molar-refractivity contribution in [2.45, 2.75) is 13.8 Å². The molecule has 1 aromatic rings. The molecule has 0 fully saturated rings. The molecule has 0 aliphatic heterocycles. The van der Waals surface area contributed by atoms with E-state index < -0.39 is 0 Å². The molecule has 0 spiro atoms. The number of hydrogen-bond acceptors (Lipinski definition) is 1. The third-order valence-corrected chi connectivity index (χ3v) is 3.16. The van der Waals surface area contributed by atoms with E-state index in [9.17, 15) is 0 Å². The Balaban J connectivity index is 2.98. The van der Waals surface area contributed by atoms with E-state index in [0.717, 1.165) is 12.1 Å². The lowest BCUT2D eigenvalue weighted by Gasteiger charge is -2.11. The number of halogens is 2. The van der Waals surface area contributed by atoms with E-state index >= 15 is 0 Å². The molecule has 0 heterocycles. The number of likely N-dealkylation sites (N-methyl/N-ethyl adjacent to an activating group) is 1. The molecule has 0 saturated carbocycles. The van der Waals surface area contributed by atoms with Crippen LogP contribution in [-0.4, -0.2) is 13.6 Å². The van der Waals surface area contributed by atoms with Crippen molar-refractivity contribution >= 4 is 29.3 Å². The standard InChI is InChI=1S/C13H17Cl2N/c1-9(2)11(8-16-3)6-10-4-5-12(14)13(15)7-10/h4-7,9,16H,8H2,1-3H3. The Hall–Kier alpha value is -0.500. The predicted molar refractivity (Wildman–Crippen MR) is 73.2 cm³/mol. The lowest BCUT2D eigenvalue weighted by atomic mass is 10.0. The van der Waals surface area contributed by atoms with Crippen molar-refractivity contribution in [1.29, 1.82) is 0 Å². The summed E-state index contributed by atoms with van der Waals surface area (Å²) < 4.78 is 0. The van der Waals surface area contributed by atoms with Crippen LogP contribution in [0.1, 0.15) is 19.4 Å². The molecule has 0 amide bonds. The molecular formula is C13H17Cl2N. The lowest BCUT2D eigenvalue weighted by Crippen LogP contribution is -2.13. The average Bonchev–Trinajstić information content (AvgIpc) is 2.22. The summed E-state index contributed by atoms with van der Waals surface area (Å²) in [7, 11) is 1.95. The van der Waals surface area contributed by atoms with Gasteiger partial charge in [-0.25, -0.2) is 0 Å². The topological polar surface area (TPSA) is 12.0 Å². The molecule has 16 heavy (non-hydrogen) atoms. The summed E-state index contributed by atoms with van der Waals surface area (Å²) in [5, 5.41) is 4.36. The second-order valence-electron chi connectivity index (χ2n) is 4.08. The quantitative estimate of drug-likeness (QED) is 0.851. The van der Waals surface area contributed by atoms with Gasteiger partial charge < -0.3 is 5.32 Å². The Morgan fingerprint density at radius 1 is 1.31 bits per heavy atom. The molecule has 0 aliphatic carbocycles. The van der Waals surface area contributed by atoms with E-state index in [0.29, 0.717) is 16.0 Å². The number of rotatable bonds is 4. The molecule has 0 aliphatic rings. The second-order valence-corrected chi connectivity index (χ2v) is 4.89. The van der Waals surface area contributed by atoms with Crippen molar-refractivity contribution in [3.05, 3.63) is 39.4 Å². The van der Waals surface area contributed by atoms with Gasteiger partial charge in [-0.3, -0.25) is 0 Å². The van der Waals surface area contributed by atoms with Gasteiger partial charge in [0.15, 0.2) is 0 Å². The Bertz CT molecular complexity index is 384. The predicted octanol–water partition coefficient (Wildman–Crippen LogP) is 4.25. The fourth-order valence-electron chi connectivity index (χ4n) is 1.44. The van der Waals surface area contributed by atoms with Crippen LogP contribution in [0.15, 0.2) is 23.8 Å². The van der Waals surface area contributed by atoms with Crippen molar-refractivity contribution < 1.29 is 0 Å². The largest absolute Gasteiger partial charge is 0.316 e. The molecule has 0 radical (unpaired) electrons. The summed E-state index contributed by atoms with van der Waals surface area (Å²) in [4.78, 5) is 0. The third-order valence-electron chi connectivity index (χ3n) is 2.42. The normalized spacial score (nSPS) is 12.2. The van der Waals surface area contributed by atoms with Gasteiger partial charge in [-0.2, -0.15) is 0 Å². The highest BCUT2D eigenvalue weighted by Gasteiger charge is 2.03. The van der Waals surface area contributed by atoms with Crippen LogP contribution in [0.3, 0.4) is 0 Å². The maximum atomic E-state index is 5.98. The van der Waals surface area contributed by atoms with E-state index in [2.05, 4.69) is 25.2 Å². The van der Waals surface area contributed by atoms with Gasteiger partial charge in [0, 0.05) is 6.54 Å². The molecule has 88 valence electrons. The summed E-state index contributed by atoms with van der Waals surface area (Å²) in [6, 6.07) is 5.70. The summed E-state index contributed by atoms with van der Waals surface area (Å²) >= 11 is 11.9. The second kappa shape index (κ2) is 6.29. The first-order chi connectivity index (χ1) is 7.54. The minimum atomic E-state index is 0.516. The average molecular weight is 258 g/mol. The van der Waals surface area contributed by atoms with E-state index in [1.807, 2.05) is 25.2 Å². The minimum absolute atomic E-state index is 0.516. The van der Waals surface area contributed by atoms with Crippen LogP contribution in [0.25, 0.3) is 6.08 Å². The molecule has 0 saturated heterocycles. The fourth-order valence-corrected chi connectivity index (χ4v) is 1.75. The molecule has 0 aromatic heterocycles. The first-order valence-electron chi connectivity index (χ1n) is 5.34. The summed E-state index contributed by atoms with van der Waals surface area (Å²) in [6.45, 7) is 5.25. The van der Waals surface area contributed by atoms with Gasteiger partial charge >= 0.3 is 0 Å². The van der Waals surface area contributed by atoms with Crippen LogP contribution in [0.5, 0.6) is 0 Å². The molecule has 0 unspecified atom stereocenters. The SMILES string of the molecule is CNCC(=Cc1ccc(Cl)c(Cl)c1)C(C)C.